The molecule has 0 spiro atoms. The Kier molecular flexibility index (Phi) is 4.20. The highest BCUT2D eigenvalue weighted by atomic mass is 16.4. The van der Waals surface area contributed by atoms with E-state index in [0.717, 1.165) is 55.8 Å². The molecule has 1 fully saturated rings. The molecule has 122 valence electrons. The maximum Gasteiger partial charge on any atom is 0.209 e. The van der Waals surface area contributed by atoms with E-state index in [-0.39, 0.29) is 0 Å². The summed E-state index contributed by atoms with van der Waals surface area (Å²) in [4.78, 5) is 17.5. The summed E-state index contributed by atoms with van der Waals surface area (Å²) in [6, 6.07) is 10.1. The number of nitrogens with zero attached hydrogens (tertiary/aromatic N) is 5. The van der Waals surface area contributed by atoms with E-state index in [1.54, 1.807) is 18.6 Å². The molecule has 1 saturated heterocycles. The van der Waals surface area contributed by atoms with Crippen LogP contribution >= 0.6 is 0 Å². The normalized spacial score (nSPS) is 15.6. The number of hydrogen-bond donors (Lipinski definition) is 0. The Hall–Kier alpha value is -2.73. The van der Waals surface area contributed by atoms with E-state index in [9.17, 15) is 0 Å². The lowest BCUT2D eigenvalue weighted by Gasteiger charge is -2.34. The Morgan fingerprint density at radius 1 is 0.917 bits per heavy atom. The Morgan fingerprint density at radius 2 is 1.75 bits per heavy atom. The van der Waals surface area contributed by atoms with Crippen LogP contribution in [0.3, 0.4) is 0 Å². The summed E-state index contributed by atoms with van der Waals surface area (Å²) < 4.78 is 5.90. The first-order valence-electron chi connectivity index (χ1n) is 8.12. The van der Waals surface area contributed by atoms with Gasteiger partial charge in [-0.2, -0.15) is 0 Å². The van der Waals surface area contributed by atoms with Crippen LogP contribution in [0.15, 0.2) is 59.5 Å². The summed E-state index contributed by atoms with van der Waals surface area (Å²) in [5, 5.41) is 0. The Bertz CT molecular complexity index is 766. The van der Waals surface area contributed by atoms with Gasteiger partial charge >= 0.3 is 0 Å². The molecule has 0 atom stereocenters. The van der Waals surface area contributed by atoms with Gasteiger partial charge < -0.3 is 9.32 Å². The van der Waals surface area contributed by atoms with Crippen LogP contribution in [0.5, 0.6) is 0 Å². The van der Waals surface area contributed by atoms with Gasteiger partial charge in [0.1, 0.15) is 5.82 Å². The van der Waals surface area contributed by atoms with Crippen molar-refractivity contribution in [1.29, 1.82) is 0 Å². The summed E-state index contributed by atoms with van der Waals surface area (Å²) in [7, 11) is 0. The molecule has 0 aliphatic carbocycles. The van der Waals surface area contributed by atoms with Crippen molar-refractivity contribution in [1.82, 2.24) is 19.9 Å². The van der Waals surface area contributed by atoms with Crippen LogP contribution in [0.4, 0.5) is 5.82 Å². The number of oxazole rings is 1. The average molecular weight is 321 g/mol. The zero-order valence-electron chi connectivity index (χ0n) is 13.4. The number of anilines is 1. The van der Waals surface area contributed by atoms with Crippen molar-refractivity contribution in [3.63, 3.8) is 0 Å². The van der Waals surface area contributed by atoms with Gasteiger partial charge in [0.2, 0.25) is 5.89 Å². The molecule has 24 heavy (non-hydrogen) atoms. The summed E-state index contributed by atoms with van der Waals surface area (Å²) in [6.45, 7) is 4.52. The molecular weight excluding hydrogens is 302 g/mol. The fourth-order valence-corrected chi connectivity index (χ4v) is 2.90. The minimum absolute atomic E-state index is 0.737. The van der Waals surface area contributed by atoms with E-state index in [1.165, 1.54) is 0 Å². The third-order valence-corrected chi connectivity index (χ3v) is 4.22. The van der Waals surface area contributed by atoms with Crippen molar-refractivity contribution in [3.05, 3.63) is 61.0 Å². The van der Waals surface area contributed by atoms with Crippen LogP contribution in [0.25, 0.3) is 11.3 Å². The van der Waals surface area contributed by atoms with E-state index in [4.69, 9.17) is 4.42 Å². The first-order chi connectivity index (χ1) is 11.9. The van der Waals surface area contributed by atoms with Crippen LogP contribution in [-0.4, -0.2) is 46.0 Å². The molecule has 0 amide bonds. The molecule has 0 unspecified atom stereocenters. The molecule has 0 radical (unpaired) electrons. The lowest BCUT2D eigenvalue weighted by molar-refractivity contribution is 0.226. The third kappa shape index (κ3) is 3.28. The molecule has 3 aromatic rings. The minimum atomic E-state index is 0.737. The Balaban J connectivity index is 1.35. The molecule has 1 aromatic carbocycles. The van der Waals surface area contributed by atoms with Crippen molar-refractivity contribution in [2.45, 2.75) is 6.54 Å². The Labute approximate surface area is 140 Å². The van der Waals surface area contributed by atoms with Gasteiger partial charge in [-0.25, -0.2) is 9.97 Å². The van der Waals surface area contributed by atoms with Gasteiger partial charge in [-0.05, 0) is 0 Å². The maximum absolute atomic E-state index is 5.90. The van der Waals surface area contributed by atoms with E-state index in [1.807, 2.05) is 36.5 Å². The summed E-state index contributed by atoms with van der Waals surface area (Å²) >= 11 is 0. The molecule has 0 N–H and O–H groups in total. The summed E-state index contributed by atoms with van der Waals surface area (Å²) in [5.41, 5.74) is 1.06. The van der Waals surface area contributed by atoms with Crippen LogP contribution < -0.4 is 4.90 Å². The van der Waals surface area contributed by atoms with Gasteiger partial charge in [-0.15, -0.1) is 0 Å². The lowest BCUT2D eigenvalue weighted by atomic mass is 10.2. The summed E-state index contributed by atoms with van der Waals surface area (Å²) in [5.74, 6) is 2.53. The van der Waals surface area contributed by atoms with Gasteiger partial charge in [0.25, 0.3) is 0 Å². The van der Waals surface area contributed by atoms with Gasteiger partial charge in [-0.1, -0.05) is 30.3 Å². The fraction of sp³-hybridized carbons (Fsp3) is 0.278. The highest BCUT2D eigenvalue weighted by Gasteiger charge is 2.19. The molecule has 2 aromatic heterocycles. The van der Waals surface area contributed by atoms with E-state index in [0.29, 0.717) is 0 Å². The highest BCUT2D eigenvalue weighted by Crippen LogP contribution is 2.21. The molecule has 4 rings (SSSR count). The zero-order valence-corrected chi connectivity index (χ0v) is 13.4. The topological polar surface area (TPSA) is 58.3 Å². The Morgan fingerprint density at radius 3 is 2.50 bits per heavy atom. The van der Waals surface area contributed by atoms with Crippen molar-refractivity contribution in [2.75, 3.05) is 31.1 Å². The van der Waals surface area contributed by atoms with Gasteiger partial charge in [0, 0.05) is 44.1 Å². The maximum atomic E-state index is 5.90. The second kappa shape index (κ2) is 6.80. The second-order valence-electron chi connectivity index (χ2n) is 5.81. The predicted octanol–water partition coefficient (Wildman–Crippen LogP) is 2.45. The van der Waals surface area contributed by atoms with Crippen LogP contribution in [0, 0.1) is 0 Å². The summed E-state index contributed by atoms with van der Waals surface area (Å²) in [6.07, 6.45) is 7.06. The van der Waals surface area contributed by atoms with E-state index in [2.05, 4.69) is 24.8 Å². The van der Waals surface area contributed by atoms with Crippen molar-refractivity contribution in [3.8, 4) is 11.3 Å². The van der Waals surface area contributed by atoms with Crippen molar-refractivity contribution in [2.24, 2.45) is 0 Å². The second-order valence-corrected chi connectivity index (χ2v) is 5.81. The van der Waals surface area contributed by atoms with Crippen molar-refractivity contribution < 1.29 is 4.42 Å². The van der Waals surface area contributed by atoms with E-state index >= 15 is 0 Å². The standard InChI is InChI=1S/C18H19N5O/c1-2-4-15(5-3-1)16-12-21-18(24-16)14-22-8-10-23(11-9-22)17-13-19-6-7-20-17/h1-7,12-13H,8-11,14H2. The first-order valence-corrected chi connectivity index (χ1v) is 8.12. The number of rotatable bonds is 4. The molecule has 6 nitrogen and oxygen atoms in total. The molecule has 1 aliphatic rings. The smallest absolute Gasteiger partial charge is 0.209 e. The van der Waals surface area contributed by atoms with Crippen molar-refractivity contribution >= 4 is 5.82 Å². The predicted molar refractivity (Wildman–Crippen MR) is 91.5 cm³/mol. The number of benzene rings is 1. The minimum Gasteiger partial charge on any atom is -0.439 e. The van der Waals surface area contributed by atoms with Gasteiger partial charge in [0.15, 0.2) is 5.76 Å². The third-order valence-electron chi connectivity index (χ3n) is 4.22. The SMILES string of the molecule is c1ccc(-c2cnc(CN3CCN(c4cnccn4)CC3)o2)cc1. The number of piperazine rings is 1. The molecule has 1 aliphatic heterocycles. The molecule has 0 bridgehead atoms. The van der Waals surface area contributed by atoms with Crippen LogP contribution in [0.1, 0.15) is 5.89 Å². The monoisotopic (exact) mass is 321 g/mol. The first kappa shape index (κ1) is 14.8. The van der Waals surface area contributed by atoms with Gasteiger partial charge in [0.05, 0.1) is 18.9 Å². The van der Waals surface area contributed by atoms with Crippen LogP contribution in [0.2, 0.25) is 0 Å². The molecular formula is C18H19N5O. The average Bonchev–Trinajstić information content (AvgIpc) is 3.12. The van der Waals surface area contributed by atoms with Crippen LogP contribution in [-0.2, 0) is 6.54 Å². The largest absolute Gasteiger partial charge is 0.439 e. The molecule has 3 heterocycles. The lowest BCUT2D eigenvalue weighted by Crippen LogP contribution is -2.46. The number of hydrogen-bond acceptors (Lipinski definition) is 6. The molecule has 0 saturated carbocycles. The molecule has 6 heteroatoms. The number of aromatic nitrogens is 3. The highest BCUT2D eigenvalue weighted by molar-refractivity contribution is 5.55. The fourth-order valence-electron chi connectivity index (χ4n) is 2.90. The zero-order chi connectivity index (χ0) is 16.2. The van der Waals surface area contributed by atoms with E-state index < -0.39 is 0 Å². The van der Waals surface area contributed by atoms with Gasteiger partial charge in [-0.3, -0.25) is 9.88 Å². The quantitative estimate of drug-likeness (QED) is 0.736.